The summed E-state index contributed by atoms with van der Waals surface area (Å²) in [6.45, 7) is 4.73. The predicted octanol–water partition coefficient (Wildman–Crippen LogP) is 1.30. The normalized spacial score (nSPS) is 18.2. The number of piperidine rings is 1. The Hall–Kier alpha value is -1.99. The number of amides is 2. The first-order valence-corrected chi connectivity index (χ1v) is 8.09. The zero-order valence-corrected chi connectivity index (χ0v) is 14.1. The number of hydrogen-bond acceptors (Lipinski definition) is 4. The third kappa shape index (κ3) is 5.28. The van der Waals surface area contributed by atoms with E-state index in [1.54, 1.807) is 26.2 Å². The molecule has 132 valence electrons. The summed E-state index contributed by atoms with van der Waals surface area (Å²) < 4.78 is 18.5. The second kappa shape index (κ2) is 8.75. The van der Waals surface area contributed by atoms with Crippen molar-refractivity contribution in [1.29, 1.82) is 0 Å². The van der Waals surface area contributed by atoms with Crippen molar-refractivity contribution in [2.75, 3.05) is 38.7 Å². The third-order valence-electron chi connectivity index (χ3n) is 4.09. The number of nitrogens with one attached hydrogen (secondary N) is 2. The van der Waals surface area contributed by atoms with Crippen molar-refractivity contribution in [2.45, 2.75) is 25.8 Å². The Labute approximate surface area is 141 Å². The average Bonchev–Trinajstić information content (AvgIpc) is 2.56. The maximum absolute atomic E-state index is 13.5. The lowest BCUT2D eigenvalue weighted by Gasteiger charge is -2.32. The maximum Gasteiger partial charge on any atom is 0.313 e. The highest BCUT2D eigenvalue weighted by Crippen LogP contribution is 2.14. The molecule has 0 aliphatic carbocycles. The van der Waals surface area contributed by atoms with Gasteiger partial charge in [-0.2, -0.15) is 0 Å². The van der Waals surface area contributed by atoms with Gasteiger partial charge in [-0.25, -0.2) is 4.39 Å². The van der Waals surface area contributed by atoms with Crippen LogP contribution in [-0.2, 0) is 14.3 Å². The van der Waals surface area contributed by atoms with E-state index >= 15 is 0 Å². The van der Waals surface area contributed by atoms with Crippen LogP contribution < -0.4 is 10.6 Å². The van der Waals surface area contributed by atoms with Gasteiger partial charge >= 0.3 is 11.8 Å². The third-order valence-corrected chi connectivity index (χ3v) is 4.09. The molecule has 24 heavy (non-hydrogen) atoms. The number of ether oxygens (including phenoxy) is 1. The van der Waals surface area contributed by atoms with Crippen LogP contribution in [-0.4, -0.2) is 56.1 Å². The molecule has 1 aliphatic rings. The van der Waals surface area contributed by atoms with Gasteiger partial charge in [-0.3, -0.25) is 14.5 Å². The number of halogens is 1. The Bertz CT molecular complexity index is 594. The van der Waals surface area contributed by atoms with E-state index in [4.69, 9.17) is 4.74 Å². The van der Waals surface area contributed by atoms with E-state index in [2.05, 4.69) is 15.5 Å². The van der Waals surface area contributed by atoms with Gasteiger partial charge in [-0.15, -0.1) is 0 Å². The first-order chi connectivity index (χ1) is 11.5. The molecule has 0 aromatic heterocycles. The Balaban J connectivity index is 1.84. The van der Waals surface area contributed by atoms with Crippen molar-refractivity contribution in [1.82, 2.24) is 10.2 Å². The average molecular weight is 337 g/mol. The van der Waals surface area contributed by atoms with Crippen molar-refractivity contribution >= 4 is 17.5 Å². The lowest BCUT2D eigenvalue weighted by atomic mass is 10.1. The largest absolute Gasteiger partial charge is 0.383 e. The minimum atomic E-state index is -0.785. The lowest BCUT2D eigenvalue weighted by molar-refractivity contribution is -0.136. The van der Waals surface area contributed by atoms with Crippen LogP contribution >= 0.6 is 0 Å². The molecule has 0 bridgehead atoms. The van der Waals surface area contributed by atoms with Crippen LogP contribution in [0.3, 0.4) is 0 Å². The molecule has 0 spiro atoms. The molecule has 7 heteroatoms. The molecular formula is C17H24FN3O3. The van der Waals surface area contributed by atoms with Crippen LogP contribution in [0.15, 0.2) is 18.2 Å². The molecular weight excluding hydrogens is 313 g/mol. The van der Waals surface area contributed by atoms with Gasteiger partial charge in [0.2, 0.25) is 0 Å². The van der Waals surface area contributed by atoms with E-state index < -0.39 is 17.6 Å². The van der Waals surface area contributed by atoms with Crippen LogP contribution in [0, 0.1) is 12.7 Å². The number of rotatable bonds is 5. The van der Waals surface area contributed by atoms with E-state index in [0.29, 0.717) is 18.7 Å². The molecule has 1 aromatic carbocycles. The molecule has 1 aliphatic heterocycles. The number of likely N-dealkylation sites (tertiary alicyclic amines) is 1. The van der Waals surface area contributed by atoms with E-state index in [1.165, 1.54) is 6.07 Å². The molecule has 1 aromatic rings. The monoisotopic (exact) mass is 337 g/mol. The Morgan fingerprint density at radius 1 is 1.38 bits per heavy atom. The Kier molecular flexibility index (Phi) is 6.69. The fraction of sp³-hybridized carbons (Fsp3) is 0.529. The van der Waals surface area contributed by atoms with Gasteiger partial charge in [-0.05, 0) is 44.0 Å². The summed E-state index contributed by atoms with van der Waals surface area (Å²) in [5.41, 5.74) is 0.749. The quantitative estimate of drug-likeness (QED) is 0.795. The number of carbonyl (C=O) groups excluding carboxylic acids is 2. The van der Waals surface area contributed by atoms with E-state index in [1.807, 2.05) is 0 Å². The second-order valence-electron chi connectivity index (χ2n) is 6.02. The first-order valence-electron chi connectivity index (χ1n) is 8.09. The molecule has 1 unspecified atom stereocenters. The molecule has 6 nitrogen and oxygen atoms in total. The molecule has 1 fully saturated rings. The Morgan fingerprint density at radius 2 is 2.17 bits per heavy atom. The maximum atomic E-state index is 13.5. The number of carbonyl (C=O) groups is 2. The molecule has 1 heterocycles. The summed E-state index contributed by atoms with van der Waals surface area (Å²) in [6, 6.07) is 4.26. The minimum absolute atomic E-state index is 0.0661. The van der Waals surface area contributed by atoms with Crippen molar-refractivity contribution in [3.8, 4) is 0 Å². The van der Waals surface area contributed by atoms with E-state index in [0.717, 1.165) is 25.9 Å². The van der Waals surface area contributed by atoms with Gasteiger partial charge in [0, 0.05) is 31.9 Å². The van der Waals surface area contributed by atoms with E-state index in [9.17, 15) is 14.0 Å². The van der Waals surface area contributed by atoms with Gasteiger partial charge < -0.3 is 15.4 Å². The highest BCUT2D eigenvalue weighted by Gasteiger charge is 2.24. The number of aryl methyl sites for hydroxylation is 1. The zero-order chi connectivity index (χ0) is 17.5. The molecule has 0 radical (unpaired) electrons. The van der Waals surface area contributed by atoms with Crippen molar-refractivity contribution in [3.05, 3.63) is 29.6 Å². The summed E-state index contributed by atoms with van der Waals surface area (Å²) in [4.78, 5) is 26.2. The van der Waals surface area contributed by atoms with Crippen LogP contribution in [0.2, 0.25) is 0 Å². The zero-order valence-electron chi connectivity index (χ0n) is 14.1. The summed E-state index contributed by atoms with van der Waals surface area (Å²) in [5.74, 6) is -1.91. The molecule has 1 atom stereocenters. The summed E-state index contributed by atoms with van der Waals surface area (Å²) in [7, 11) is 1.65. The summed E-state index contributed by atoms with van der Waals surface area (Å²) in [6.07, 6.45) is 1.79. The molecule has 1 saturated heterocycles. The number of nitrogens with zero attached hydrogens (tertiary/aromatic N) is 1. The fourth-order valence-corrected chi connectivity index (χ4v) is 2.71. The molecule has 2 N–H and O–H groups in total. The number of anilines is 1. The van der Waals surface area contributed by atoms with Gasteiger partial charge in [0.15, 0.2) is 0 Å². The van der Waals surface area contributed by atoms with Crippen molar-refractivity contribution in [2.24, 2.45) is 0 Å². The highest BCUT2D eigenvalue weighted by atomic mass is 19.1. The van der Waals surface area contributed by atoms with E-state index in [-0.39, 0.29) is 11.7 Å². The summed E-state index contributed by atoms with van der Waals surface area (Å²) >= 11 is 0. The Morgan fingerprint density at radius 3 is 2.88 bits per heavy atom. The van der Waals surface area contributed by atoms with Crippen molar-refractivity contribution < 1.29 is 18.7 Å². The number of benzene rings is 1. The smallest absolute Gasteiger partial charge is 0.313 e. The fourth-order valence-electron chi connectivity index (χ4n) is 2.71. The summed E-state index contributed by atoms with van der Waals surface area (Å²) in [5, 5.41) is 5.16. The lowest BCUT2D eigenvalue weighted by Crippen LogP contribution is -2.50. The molecule has 0 saturated carbocycles. The predicted molar refractivity (Wildman–Crippen MR) is 89.2 cm³/mol. The van der Waals surface area contributed by atoms with Crippen LogP contribution in [0.25, 0.3) is 0 Å². The van der Waals surface area contributed by atoms with Crippen LogP contribution in [0.1, 0.15) is 18.4 Å². The standard InChI is InChI=1S/C17H24FN3O3/c1-12-5-6-13(10-15(12)18)19-16(22)17(23)20-14-4-3-7-21(11-14)8-9-24-2/h5-6,10,14H,3-4,7-9,11H2,1-2H3,(H,19,22)(H,20,23). The molecule has 2 amide bonds. The van der Waals surface area contributed by atoms with Crippen LogP contribution in [0.4, 0.5) is 10.1 Å². The first kappa shape index (κ1) is 18.4. The van der Waals surface area contributed by atoms with Crippen molar-refractivity contribution in [3.63, 3.8) is 0 Å². The number of hydrogen-bond donors (Lipinski definition) is 2. The van der Waals surface area contributed by atoms with Gasteiger partial charge in [-0.1, -0.05) is 6.07 Å². The van der Waals surface area contributed by atoms with Gasteiger partial charge in [0.05, 0.1) is 6.61 Å². The highest BCUT2D eigenvalue weighted by molar-refractivity contribution is 6.39. The SMILES string of the molecule is COCCN1CCCC(NC(=O)C(=O)Nc2ccc(C)c(F)c2)C1. The van der Waals surface area contributed by atoms with Crippen LogP contribution in [0.5, 0.6) is 0 Å². The van der Waals surface area contributed by atoms with Gasteiger partial charge in [0.25, 0.3) is 0 Å². The molecule has 2 rings (SSSR count). The van der Waals surface area contributed by atoms with Gasteiger partial charge in [0.1, 0.15) is 5.82 Å². The minimum Gasteiger partial charge on any atom is -0.383 e. The second-order valence-corrected chi connectivity index (χ2v) is 6.02. The number of methoxy groups -OCH3 is 1. The topological polar surface area (TPSA) is 70.7 Å².